The standard InChI is InChI=1S/C13H17N5O/c1-2-8-5-15-12-10(8)13(17-7-16-12)18-4-3-9(6-18)11(14)19/h5,7,9H,2-4,6H2,1H3,(H2,14,19)(H,15,16,17). The number of aryl methyl sites for hydroxylation is 1. The summed E-state index contributed by atoms with van der Waals surface area (Å²) >= 11 is 0. The number of amides is 1. The Hall–Kier alpha value is -2.11. The Morgan fingerprint density at radius 2 is 2.42 bits per heavy atom. The number of aromatic amines is 1. The van der Waals surface area contributed by atoms with E-state index in [9.17, 15) is 4.79 Å². The number of carbonyl (C=O) groups excluding carboxylic acids is 1. The zero-order valence-corrected chi connectivity index (χ0v) is 10.9. The first-order valence-electron chi connectivity index (χ1n) is 6.56. The van der Waals surface area contributed by atoms with Crippen LogP contribution in [0.2, 0.25) is 0 Å². The van der Waals surface area contributed by atoms with E-state index in [-0.39, 0.29) is 11.8 Å². The lowest BCUT2D eigenvalue weighted by Gasteiger charge is -2.18. The van der Waals surface area contributed by atoms with Gasteiger partial charge in [-0.1, -0.05) is 6.92 Å². The summed E-state index contributed by atoms with van der Waals surface area (Å²) in [5, 5.41) is 1.06. The van der Waals surface area contributed by atoms with Crippen molar-refractivity contribution in [1.82, 2.24) is 15.0 Å². The van der Waals surface area contributed by atoms with Crippen molar-refractivity contribution in [2.24, 2.45) is 11.7 Å². The summed E-state index contributed by atoms with van der Waals surface area (Å²) in [4.78, 5) is 25.2. The predicted octanol–water partition coefficient (Wildman–Crippen LogP) is 0.832. The molecule has 2 aromatic rings. The summed E-state index contributed by atoms with van der Waals surface area (Å²) in [5.74, 6) is 0.610. The van der Waals surface area contributed by atoms with Crippen LogP contribution in [-0.4, -0.2) is 33.9 Å². The maximum atomic E-state index is 11.3. The van der Waals surface area contributed by atoms with E-state index >= 15 is 0 Å². The maximum absolute atomic E-state index is 11.3. The molecule has 19 heavy (non-hydrogen) atoms. The monoisotopic (exact) mass is 259 g/mol. The first-order valence-corrected chi connectivity index (χ1v) is 6.56. The predicted molar refractivity (Wildman–Crippen MR) is 72.8 cm³/mol. The van der Waals surface area contributed by atoms with Crippen molar-refractivity contribution in [2.45, 2.75) is 19.8 Å². The van der Waals surface area contributed by atoms with Gasteiger partial charge >= 0.3 is 0 Å². The van der Waals surface area contributed by atoms with Crippen molar-refractivity contribution in [3.05, 3.63) is 18.1 Å². The van der Waals surface area contributed by atoms with E-state index in [0.29, 0.717) is 6.54 Å². The van der Waals surface area contributed by atoms with Gasteiger partial charge in [-0.3, -0.25) is 4.79 Å². The third-order valence-corrected chi connectivity index (χ3v) is 3.80. The summed E-state index contributed by atoms with van der Waals surface area (Å²) < 4.78 is 0. The van der Waals surface area contributed by atoms with E-state index in [1.165, 1.54) is 5.56 Å². The molecule has 3 rings (SSSR count). The summed E-state index contributed by atoms with van der Waals surface area (Å²) in [6.07, 6.45) is 5.26. The molecular weight excluding hydrogens is 242 g/mol. The molecule has 2 aromatic heterocycles. The third-order valence-electron chi connectivity index (χ3n) is 3.80. The van der Waals surface area contributed by atoms with Gasteiger partial charge in [0, 0.05) is 19.3 Å². The van der Waals surface area contributed by atoms with Crippen LogP contribution in [-0.2, 0) is 11.2 Å². The molecule has 3 N–H and O–H groups in total. The highest BCUT2D eigenvalue weighted by atomic mass is 16.1. The number of fused-ring (bicyclic) bond motifs is 1. The Labute approximate surface area is 111 Å². The van der Waals surface area contributed by atoms with Crippen LogP contribution in [0.5, 0.6) is 0 Å². The minimum atomic E-state index is -0.224. The highest BCUT2D eigenvalue weighted by Crippen LogP contribution is 2.30. The minimum absolute atomic E-state index is 0.0750. The molecule has 100 valence electrons. The van der Waals surface area contributed by atoms with Crippen LogP contribution in [0.3, 0.4) is 0 Å². The highest BCUT2D eigenvalue weighted by Gasteiger charge is 2.29. The third kappa shape index (κ3) is 1.93. The van der Waals surface area contributed by atoms with Gasteiger partial charge in [0.15, 0.2) is 0 Å². The van der Waals surface area contributed by atoms with Gasteiger partial charge in [0.25, 0.3) is 0 Å². The van der Waals surface area contributed by atoms with E-state index in [1.54, 1.807) is 6.33 Å². The average molecular weight is 259 g/mol. The van der Waals surface area contributed by atoms with Gasteiger partial charge in [-0.05, 0) is 18.4 Å². The largest absolute Gasteiger partial charge is 0.369 e. The van der Waals surface area contributed by atoms with Gasteiger partial charge in [0.2, 0.25) is 5.91 Å². The van der Waals surface area contributed by atoms with Gasteiger partial charge in [0.05, 0.1) is 11.3 Å². The van der Waals surface area contributed by atoms with Crippen molar-refractivity contribution in [3.63, 3.8) is 0 Å². The van der Waals surface area contributed by atoms with E-state index in [0.717, 1.165) is 36.2 Å². The number of nitrogens with zero attached hydrogens (tertiary/aromatic N) is 3. The van der Waals surface area contributed by atoms with Crippen molar-refractivity contribution in [1.29, 1.82) is 0 Å². The molecule has 0 saturated carbocycles. The average Bonchev–Trinajstić information content (AvgIpc) is 3.05. The zero-order chi connectivity index (χ0) is 13.4. The fourth-order valence-corrected chi connectivity index (χ4v) is 2.71. The molecule has 3 heterocycles. The Balaban J connectivity index is 2.01. The number of nitrogens with two attached hydrogens (primary N) is 1. The SMILES string of the molecule is CCc1c[nH]c2ncnc(N3CCC(C(N)=O)C3)c12. The molecule has 1 fully saturated rings. The Morgan fingerprint density at radius 3 is 3.11 bits per heavy atom. The number of primary amides is 1. The fourth-order valence-electron chi connectivity index (χ4n) is 2.71. The molecule has 1 aliphatic heterocycles. The minimum Gasteiger partial charge on any atom is -0.369 e. The van der Waals surface area contributed by atoms with Gasteiger partial charge in [-0.15, -0.1) is 0 Å². The number of aromatic nitrogens is 3. The number of hydrogen-bond acceptors (Lipinski definition) is 4. The van der Waals surface area contributed by atoms with Gasteiger partial charge < -0.3 is 15.6 Å². The number of H-pyrrole nitrogens is 1. The van der Waals surface area contributed by atoms with Crippen LogP contribution in [0.1, 0.15) is 18.9 Å². The van der Waals surface area contributed by atoms with Gasteiger partial charge in [-0.2, -0.15) is 0 Å². The number of rotatable bonds is 3. The van der Waals surface area contributed by atoms with E-state index in [4.69, 9.17) is 5.73 Å². The lowest BCUT2D eigenvalue weighted by Crippen LogP contribution is -2.27. The molecular formula is C13H17N5O. The van der Waals surface area contributed by atoms with Crippen molar-refractivity contribution in [2.75, 3.05) is 18.0 Å². The van der Waals surface area contributed by atoms with E-state index in [2.05, 4.69) is 26.8 Å². The van der Waals surface area contributed by atoms with Gasteiger partial charge in [-0.25, -0.2) is 9.97 Å². The molecule has 1 saturated heterocycles. The molecule has 0 bridgehead atoms. The molecule has 1 atom stereocenters. The topological polar surface area (TPSA) is 87.9 Å². The number of anilines is 1. The van der Waals surface area contributed by atoms with Crippen molar-refractivity contribution >= 4 is 22.8 Å². The number of hydrogen-bond donors (Lipinski definition) is 2. The van der Waals surface area contributed by atoms with Crippen LogP contribution in [0.25, 0.3) is 11.0 Å². The summed E-state index contributed by atoms with van der Waals surface area (Å²) in [7, 11) is 0. The smallest absolute Gasteiger partial charge is 0.222 e. The molecule has 1 unspecified atom stereocenters. The van der Waals surface area contributed by atoms with Crippen LogP contribution in [0.15, 0.2) is 12.5 Å². The number of nitrogens with one attached hydrogen (secondary N) is 1. The van der Waals surface area contributed by atoms with Gasteiger partial charge in [0.1, 0.15) is 17.8 Å². The van der Waals surface area contributed by atoms with Crippen LogP contribution >= 0.6 is 0 Å². The molecule has 6 nitrogen and oxygen atoms in total. The van der Waals surface area contributed by atoms with Crippen LogP contribution in [0.4, 0.5) is 5.82 Å². The van der Waals surface area contributed by atoms with Crippen molar-refractivity contribution in [3.8, 4) is 0 Å². The van der Waals surface area contributed by atoms with Crippen LogP contribution < -0.4 is 10.6 Å². The normalized spacial score (nSPS) is 19.2. The highest BCUT2D eigenvalue weighted by molar-refractivity contribution is 5.91. The zero-order valence-electron chi connectivity index (χ0n) is 10.9. The Morgan fingerprint density at radius 1 is 1.58 bits per heavy atom. The lowest BCUT2D eigenvalue weighted by molar-refractivity contribution is -0.121. The summed E-state index contributed by atoms with van der Waals surface area (Å²) in [6, 6.07) is 0. The molecule has 6 heteroatoms. The Bertz CT molecular complexity index is 621. The molecule has 0 aliphatic carbocycles. The molecule has 0 spiro atoms. The molecule has 0 radical (unpaired) electrons. The first kappa shape index (κ1) is 12.0. The van der Waals surface area contributed by atoms with E-state index in [1.807, 2.05) is 6.20 Å². The molecule has 1 aliphatic rings. The summed E-state index contributed by atoms with van der Waals surface area (Å²) in [6.45, 7) is 3.57. The Kier molecular flexibility index (Phi) is 2.85. The molecule has 1 amide bonds. The molecule has 0 aromatic carbocycles. The second-order valence-corrected chi connectivity index (χ2v) is 4.92. The second kappa shape index (κ2) is 4.53. The quantitative estimate of drug-likeness (QED) is 0.854. The van der Waals surface area contributed by atoms with Crippen molar-refractivity contribution < 1.29 is 4.79 Å². The maximum Gasteiger partial charge on any atom is 0.222 e. The lowest BCUT2D eigenvalue weighted by atomic mass is 10.1. The van der Waals surface area contributed by atoms with Crippen LogP contribution in [0, 0.1) is 5.92 Å². The van der Waals surface area contributed by atoms with E-state index < -0.39 is 0 Å². The fraction of sp³-hybridized carbons (Fsp3) is 0.462. The first-order chi connectivity index (χ1) is 9.20. The number of carbonyl (C=O) groups is 1. The second-order valence-electron chi connectivity index (χ2n) is 4.92. The summed E-state index contributed by atoms with van der Waals surface area (Å²) in [5.41, 5.74) is 7.44.